The van der Waals surface area contributed by atoms with Crippen molar-refractivity contribution in [2.45, 2.75) is 110 Å². The van der Waals surface area contributed by atoms with Crippen LogP contribution < -0.4 is 5.32 Å². The number of hydrogen-bond donors (Lipinski definition) is 1. The third kappa shape index (κ3) is 11.9. The van der Waals surface area contributed by atoms with Crippen molar-refractivity contribution in [3.63, 3.8) is 0 Å². The Morgan fingerprint density at radius 3 is 1.96 bits per heavy atom. The number of hydrogen-bond acceptors (Lipinski definition) is 2. The largest absolute Gasteiger partial charge is 0.355 e. The van der Waals surface area contributed by atoms with Crippen LogP contribution >= 0.6 is 0 Å². The highest BCUT2D eigenvalue weighted by Crippen LogP contribution is 2.23. The Morgan fingerprint density at radius 2 is 1.38 bits per heavy atom. The first-order valence-corrected chi connectivity index (χ1v) is 11.8. The molecule has 3 heteroatoms. The summed E-state index contributed by atoms with van der Waals surface area (Å²) in [5, 5.41) is 3.18. The van der Waals surface area contributed by atoms with Gasteiger partial charge in [-0.1, -0.05) is 90.9 Å². The van der Waals surface area contributed by atoms with E-state index in [4.69, 9.17) is 0 Å². The zero-order chi connectivity index (χ0) is 18.9. The van der Waals surface area contributed by atoms with Gasteiger partial charge in [0.05, 0.1) is 0 Å². The molecule has 0 aliphatic heterocycles. The maximum absolute atomic E-state index is 12.2. The Bertz CT molecular complexity index is 326. The predicted octanol–water partition coefficient (Wildman–Crippen LogP) is 5.93. The number of carbonyl (C=O) groups excluding carboxylic acids is 1. The zero-order valence-corrected chi connectivity index (χ0v) is 17.9. The van der Waals surface area contributed by atoms with E-state index in [1.165, 1.54) is 90.0 Å². The molecule has 0 bridgehead atoms. The van der Waals surface area contributed by atoms with Gasteiger partial charge in [-0.3, -0.25) is 4.79 Å². The molecular formula is C23H46N2O. The molecule has 0 heterocycles. The van der Waals surface area contributed by atoms with Gasteiger partial charge >= 0.3 is 0 Å². The number of likely N-dealkylation sites (N-methyl/N-ethyl adjacent to an activating group) is 1. The van der Waals surface area contributed by atoms with Crippen LogP contribution in [0.4, 0.5) is 0 Å². The van der Waals surface area contributed by atoms with E-state index in [0.717, 1.165) is 32.5 Å². The summed E-state index contributed by atoms with van der Waals surface area (Å²) in [6, 6.07) is 0. The normalized spacial score (nSPS) is 15.5. The Hall–Kier alpha value is -0.570. The lowest BCUT2D eigenvalue weighted by Crippen LogP contribution is -2.38. The first-order chi connectivity index (χ1) is 12.8. The van der Waals surface area contributed by atoms with Crippen molar-refractivity contribution in [3.05, 3.63) is 0 Å². The molecule has 1 fully saturated rings. The molecule has 0 aromatic heterocycles. The van der Waals surface area contributed by atoms with Crippen molar-refractivity contribution >= 4 is 5.91 Å². The van der Waals surface area contributed by atoms with Crippen LogP contribution in [0.3, 0.4) is 0 Å². The number of rotatable bonds is 16. The molecule has 0 radical (unpaired) electrons. The highest BCUT2D eigenvalue weighted by molar-refractivity contribution is 5.78. The number of unbranched alkanes of at least 4 members (excludes halogenated alkanes) is 9. The fourth-order valence-corrected chi connectivity index (χ4v) is 4.10. The molecule has 1 saturated carbocycles. The third-order valence-electron chi connectivity index (χ3n) is 5.98. The van der Waals surface area contributed by atoms with Gasteiger partial charge in [0.25, 0.3) is 0 Å². The lowest BCUT2D eigenvalue weighted by atomic mass is 9.89. The first-order valence-electron chi connectivity index (χ1n) is 11.8. The summed E-state index contributed by atoms with van der Waals surface area (Å²) in [5.41, 5.74) is 0. The molecule has 1 aliphatic carbocycles. The van der Waals surface area contributed by atoms with Crippen molar-refractivity contribution in [1.82, 2.24) is 10.2 Å². The van der Waals surface area contributed by atoms with Crippen molar-refractivity contribution in [3.8, 4) is 0 Å². The van der Waals surface area contributed by atoms with Crippen LogP contribution in [0.15, 0.2) is 0 Å². The number of amides is 1. The summed E-state index contributed by atoms with van der Waals surface area (Å²) in [6.45, 7) is 8.62. The molecule has 0 spiro atoms. The average molecular weight is 367 g/mol. The minimum atomic E-state index is 0.292. The Labute approximate surface area is 163 Å². The smallest absolute Gasteiger partial charge is 0.223 e. The van der Waals surface area contributed by atoms with Gasteiger partial charge in [0.2, 0.25) is 5.91 Å². The lowest BCUT2D eigenvalue weighted by molar-refractivity contribution is -0.125. The molecule has 154 valence electrons. The fourth-order valence-electron chi connectivity index (χ4n) is 4.10. The lowest BCUT2D eigenvalue weighted by Gasteiger charge is -2.23. The van der Waals surface area contributed by atoms with E-state index in [9.17, 15) is 4.79 Å². The summed E-state index contributed by atoms with van der Waals surface area (Å²) in [6.07, 6.45) is 19.9. The minimum absolute atomic E-state index is 0.292. The van der Waals surface area contributed by atoms with Gasteiger partial charge in [0, 0.05) is 19.0 Å². The van der Waals surface area contributed by atoms with Crippen LogP contribution in [0.2, 0.25) is 0 Å². The Morgan fingerprint density at radius 1 is 0.808 bits per heavy atom. The van der Waals surface area contributed by atoms with Gasteiger partial charge in [-0.25, -0.2) is 0 Å². The molecule has 1 N–H and O–H groups in total. The molecule has 1 aliphatic rings. The van der Waals surface area contributed by atoms with E-state index in [0.29, 0.717) is 11.8 Å². The van der Waals surface area contributed by atoms with Crippen molar-refractivity contribution < 1.29 is 4.79 Å². The van der Waals surface area contributed by atoms with Crippen LogP contribution in [0, 0.1) is 5.92 Å². The minimum Gasteiger partial charge on any atom is -0.355 e. The zero-order valence-electron chi connectivity index (χ0n) is 17.9. The fraction of sp³-hybridized carbons (Fsp3) is 0.957. The van der Waals surface area contributed by atoms with E-state index in [1.807, 2.05) is 0 Å². The molecular weight excluding hydrogens is 320 g/mol. The molecule has 3 nitrogen and oxygen atoms in total. The standard InChI is InChI=1S/C23H46N2O/c1-3-5-6-7-8-9-10-11-12-16-20-25(4-2)21-19-24-23(26)22-17-14-13-15-18-22/h22H,3-21H2,1-2H3,(H,24,26). The van der Waals surface area contributed by atoms with Crippen LogP contribution in [-0.4, -0.2) is 37.0 Å². The molecule has 0 atom stereocenters. The number of carbonyl (C=O) groups is 1. The van der Waals surface area contributed by atoms with E-state index in [2.05, 4.69) is 24.1 Å². The van der Waals surface area contributed by atoms with Crippen molar-refractivity contribution in [2.24, 2.45) is 5.92 Å². The predicted molar refractivity (Wildman–Crippen MR) is 114 cm³/mol. The molecule has 0 saturated heterocycles. The van der Waals surface area contributed by atoms with Crippen LogP contribution in [-0.2, 0) is 4.79 Å². The summed E-state index contributed by atoms with van der Waals surface area (Å²) >= 11 is 0. The Kier molecular flexibility index (Phi) is 15.0. The second-order valence-corrected chi connectivity index (χ2v) is 8.24. The maximum atomic E-state index is 12.2. The third-order valence-corrected chi connectivity index (χ3v) is 5.98. The molecule has 0 aromatic carbocycles. The van der Waals surface area contributed by atoms with Gasteiger partial charge < -0.3 is 10.2 Å². The quantitative estimate of drug-likeness (QED) is 0.344. The highest BCUT2D eigenvalue weighted by atomic mass is 16.1. The van der Waals surface area contributed by atoms with Crippen LogP contribution in [0.5, 0.6) is 0 Å². The van der Waals surface area contributed by atoms with E-state index in [-0.39, 0.29) is 0 Å². The van der Waals surface area contributed by atoms with Crippen molar-refractivity contribution in [1.29, 1.82) is 0 Å². The van der Waals surface area contributed by atoms with Gasteiger partial charge in [-0.2, -0.15) is 0 Å². The second-order valence-electron chi connectivity index (χ2n) is 8.24. The van der Waals surface area contributed by atoms with Gasteiger partial charge in [-0.05, 0) is 32.4 Å². The van der Waals surface area contributed by atoms with E-state index in [1.54, 1.807) is 0 Å². The average Bonchev–Trinajstić information content (AvgIpc) is 2.68. The van der Waals surface area contributed by atoms with Crippen LogP contribution in [0.1, 0.15) is 110 Å². The van der Waals surface area contributed by atoms with E-state index < -0.39 is 0 Å². The Balaban J connectivity index is 1.93. The van der Waals surface area contributed by atoms with Crippen LogP contribution in [0.25, 0.3) is 0 Å². The molecule has 1 rings (SSSR count). The van der Waals surface area contributed by atoms with Crippen molar-refractivity contribution in [2.75, 3.05) is 26.2 Å². The molecule has 0 aromatic rings. The summed E-state index contributed by atoms with van der Waals surface area (Å²) < 4.78 is 0. The summed E-state index contributed by atoms with van der Waals surface area (Å²) in [4.78, 5) is 14.7. The monoisotopic (exact) mass is 366 g/mol. The molecule has 0 unspecified atom stereocenters. The van der Waals surface area contributed by atoms with Gasteiger partial charge in [-0.15, -0.1) is 0 Å². The summed E-state index contributed by atoms with van der Waals surface area (Å²) in [5.74, 6) is 0.598. The topological polar surface area (TPSA) is 32.3 Å². The number of nitrogens with zero attached hydrogens (tertiary/aromatic N) is 1. The van der Waals surface area contributed by atoms with Gasteiger partial charge in [0.1, 0.15) is 0 Å². The first kappa shape index (κ1) is 23.5. The molecule has 1 amide bonds. The highest BCUT2D eigenvalue weighted by Gasteiger charge is 2.20. The maximum Gasteiger partial charge on any atom is 0.223 e. The SMILES string of the molecule is CCCCCCCCCCCCN(CC)CCNC(=O)C1CCCCC1. The second kappa shape index (κ2) is 16.6. The number of nitrogens with one attached hydrogen (secondary N) is 1. The van der Waals surface area contributed by atoms with Gasteiger partial charge in [0.15, 0.2) is 0 Å². The molecule has 26 heavy (non-hydrogen) atoms. The van der Waals surface area contributed by atoms with E-state index >= 15 is 0 Å². The summed E-state index contributed by atoms with van der Waals surface area (Å²) in [7, 11) is 0.